The van der Waals surface area contributed by atoms with Gasteiger partial charge in [-0.1, -0.05) is 0 Å². The van der Waals surface area contributed by atoms with Crippen molar-refractivity contribution >= 4 is 11.9 Å². The summed E-state index contributed by atoms with van der Waals surface area (Å²) in [7, 11) is 1.31. The molecule has 80 valence electrons. The Kier molecular flexibility index (Phi) is 3.46. The molecular weight excluding hydrogens is 186 g/mol. The molecule has 1 fully saturated rings. The van der Waals surface area contributed by atoms with Crippen LogP contribution < -0.4 is 0 Å². The summed E-state index contributed by atoms with van der Waals surface area (Å²) in [4.78, 5) is 24.0. The van der Waals surface area contributed by atoms with Crippen molar-refractivity contribution in [2.24, 2.45) is 5.92 Å². The molecule has 0 bridgehead atoms. The Labute approximate surface area is 82.6 Å². The fraction of sp³-hybridized carbons (Fsp3) is 0.778. The van der Waals surface area contributed by atoms with Crippen LogP contribution in [0.4, 0.5) is 0 Å². The van der Waals surface area contributed by atoms with E-state index in [1.54, 1.807) is 6.92 Å². The average Bonchev–Trinajstić information content (AvgIpc) is 2.46. The molecular formula is C9H15NO4. The Morgan fingerprint density at radius 3 is 2.93 bits per heavy atom. The van der Waals surface area contributed by atoms with Crippen molar-refractivity contribution in [2.75, 3.05) is 20.2 Å². The van der Waals surface area contributed by atoms with Crippen molar-refractivity contribution in [3.63, 3.8) is 0 Å². The molecule has 0 aromatic heterocycles. The number of ether oxygens (including phenoxy) is 1. The van der Waals surface area contributed by atoms with E-state index in [2.05, 4.69) is 4.74 Å². The van der Waals surface area contributed by atoms with Crippen LogP contribution in [0, 0.1) is 5.92 Å². The van der Waals surface area contributed by atoms with Crippen molar-refractivity contribution in [3.8, 4) is 0 Å². The first-order chi connectivity index (χ1) is 6.54. The Balaban J connectivity index is 2.51. The van der Waals surface area contributed by atoms with Gasteiger partial charge < -0.3 is 14.7 Å². The number of rotatable bonds is 3. The number of hydrogen-bond acceptors (Lipinski definition) is 4. The lowest BCUT2D eigenvalue weighted by Crippen LogP contribution is -2.32. The molecule has 0 aromatic rings. The number of aliphatic hydroxyl groups excluding tert-OH is 1. The van der Waals surface area contributed by atoms with Crippen LogP contribution in [0.15, 0.2) is 0 Å². The third-order valence-corrected chi connectivity index (χ3v) is 2.23. The normalized spacial score (nSPS) is 23.8. The summed E-state index contributed by atoms with van der Waals surface area (Å²) < 4.78 is 4.56. The summed E-state index contributed by atoms with van der Waals surface area (Å²) in [5, 5.41) is 9.10. The van der Waals surface area contributed by atoms with E-state index >= 15 is 0 Å². The molecule has 0 saturated carbocycles. The number of methoxy groups -OCH3 is 1. The first-order valence-corrected chi connectivity index (χ1v) is 4.58. The molecule has 0 spiro atoms. The number of aliphatic hydroxyl groups is 1. The number of carbonyl (C=O) groups excluding carboxylic acids is 2. The molecule has 1 unspecified atom stereocenters. The summed E-state index contributed by atoms with van der Waals surface area (Å²) in [6, 6.07) is 0. The maximum Gasteiger partial charge on any atom is 0.310 e. The highest BCUT2D eigenvalue weighted by Gasteiger charge is 2.35. The topological polar surface area (TPSA) is 66.8 Å². The van der Waals surface area contributed by atoms with Gasteiger partial charge in [0.05, 0.1) is 19.1 Å². The van der Waals surface area contributed by atoms with E-state index in [1.165, 1.54) is 12.0 Å². The van der Waals surface area contributed by atoms with Crippen LogP contribution in [0.3, 0.4) is 0 Å². The quantitative estimate of drug-likeness (QED) is 0.618. The molecule has 2 atom stereocenters. The predicted octanol–water partition coefficient (Wildman–Crippen LogP) is -0.611. The van der Waals surface area contributed by atoms with Gasteiger partial charge in [-0.05, 0) is 6.92 Å². The number of carbonyl (C=O) groups is 2. The van der Waals surface area contributed by atoms with Crippen LogP contribution in [0.5, 0.6) is 0 Å². The van der Waals surface area contributed by atoms with E-state index in [9.17, 15) is 9.59 Å². The van der Waals surface area contributed by atoms with E-state index in [0.717, 1.165) is 0 Å². The first kappa shape index (κ1) is 11.0. The zero-order chi connectivity index (χ0) is 10.7. The van der Waals surface area contributed by atoms with Gasteiger partial charge in [-0.25, -0.2) is 0 Å². The van der Waals surface area contributed by atoms with Gasteiger partial charge in [-0.15, -0.1) is 0 Å². The first-order valence-electron chi connectivity index (χ1n) is 4.58. The van der Waals surface area contributed by atoms with Crippen LogP contribution in [0.25, 0.3) is 0 Å². The van der Waals surface area contributed by atoms with Gasteiger partial charge in [0.25, 0.3) is 0 Å². The fourth-order valence-corrected chi connectivity index (χ4v) is 1.59. The van der Waals surface area contributed by atoms with Crippen LogP contribution in [0.1, 0.15) is 13.3 Å². The second-order valence-electron chi connectivity index (χ2n) is 3.57. The SMILES string of the molecule is COC(=O)C1CC(=O)N(C[C@H](C)O)C1. The molecule has 5 nitrogen and oxygen atoms in total. The van der Waals surface area contributed by atoms with Crippen LogP contribution in [-0.4, -0.2) is 48.2 Å². The molecule has 0 radical (unpaired) electrons. The lowest BCUT2D eigenvalue weighted by molar-refractivity contribution is -0.145. The molecule has 1 heterocycles. The second kappa shape index (κ2) is 4.41. The Hall–Kier alpha value is -1.10. The molecule has 0 aromatic carbocycles. The van der Waals surface area contributed by atoms with E-state index in [0.29, 0.717) is 6.54 Å². The van der Waals surface area contributed by atoms with Crippen LogP contribution >= 0.6 is 0 Å². The van der Waals surface area contributed by atoms with E-state index in [4.69, 9.17) is 5.11 Å². The summed E-state index contributed by atoms with van der Waals surface area (Å²) in [5.74, 6) is -0.820. The fourth-order valence-electron chi connectivity index (χ4n) is 1.59. The Morgan fingerprint density at radius 2 is 2.43 bits per heavy atom. The molecule has 1 N–H and O–H groups in total. The molecule has 14 heavy (non-hydrogen) atoms. The monoisotopic (exact) mass is 201 g/mol. The molecule has 1 saturated heterocycles. The van der Waals surface area contributed by atoms with Gasteiger partial charge in [0.1, 0.15) is 0 Å². The lowest BCUT2D eigenvalue weighted by atomic mass is 10.1. The number of likely N-dealkylation sites (tertiary alicyclic amines) is 1. The molecule has 5 heteroatoms. The maximum atomic E-state index is 11.3. The van der Waals surface area contributed by atoms with Gasteiger partial charge in [0, 0.05) is 19.5 Å². The number of esters is 1. The van der Waals surface area contributed by atoms with Gasteiger partial charge in [0.2, 0.25) is 5.91 Å². The van der Waals surface area contributed by atoms with Crippen LogP contribution in [-0.2, 0) is 14.3 Å². The molecule has 0 aliphatic carbocycles. The molecule has 1 rings (SSSR count). The summed E-state index contributed by atoms with van der Waals surface area (Å²) >= 11 is 0. The van der Waals surface area contributed by atoms with Gasteiger partial charge >= 0.3 is 5.97 Å². The van der Waals surface area contributed by atoms with Crippen LogP contribution in [0.2, 0.25) is 0 Å². The molecule has 1 aliphatic rings. The predicted molar refractivity (Wildman–Crippen MR) is 48.4 cm³/mol. The highest BCUT2D eigenvalue weighted by atomic mass is 16.5. The van der Waals surface area contributed by atoms with Crippen molar-refractivity contribution in [3.05, 3.63) is 0 Å². The number of hydrogen-bond donors (Lipinski definition) is 1. The third kappa shape index (κ3) is 2.45. The smallest absolute Gasteiger partial charge is 0.310 e. The molecule has 1 amide bonds. The zero-order valence-electron chi connectivity index (χ0n) is 8.40. The maximum absolute atomic E-state index is 11.3. The van der Waals surface area contributed by atoms with Gasteiger partial charge in [0.15, 0.2) is 0 Å². The van der Waals surface area contributed by atoms with Crippen molar-refractivity contribution in [1.29, 1.82) is 0 Å². The van der Waals surface area contributed by atoms with E-state index in [-0.39, 0.29) is 30.8 Å². The van der Waals surface area contributed by atoms with Gasteiger partial charge in [-0.2, -0.15) is 0 Å². The number of nitrogens with zero attached hydrogens (tertiary/aromatic N) is 1. The molecule has 1 aliphatic heterocycles. The van der Waals surface area contributed by atoms with Gasteiger partial charge in [-0.3, -0.25) is 9.59 Å². The van der Waals surface area contributed by atoms with Crippen molar-refractivity contribution in [1.82, 2.24) is 4.90 Å². The van der Waals surface area contributed by atoms with Crippen molar-refractivity contribution in [2.45, 2.75) is 19.4 Å². The minimum Gasteiger partial charge on any atom is -0.469 e. The zero-order valence-corrected chi connectivity index (χ0v) is 8.40. The minimum atomic E-state index is -0.560. The summed E-state index contributed by atoms with van der Waals surface area (Å²) in [5.41, 5.74) is 0. The number of amides is 1. The van der Waals surface area contributed by atoms with Crippen molar-refractivity contribution < 1.29 is 19.4 Å². The Morgan fingerprint density at radius 1 is 1.79 bits per heavy atom. The third-order valence-electron chi connectivity index (χ3n) is 2.23. The highest BCUT2D eigenvalue weighted by Crippen LogP contribution is 2.18. The van der Waals surface area contributed by atoms with E-state index in [1.807, 2.05) is 0 Å². The highest BCUT2D eigenvalue weighted by molar-refractivity contribution is 5.86. The minimum absolute atomic E-state index is 0.0960. The Bertz CT molecular complexity index is 239. The summed E-state index contributed by atoms with van der Waals surface area (Å²) in [6.45, 7) is 2.25. The standard InChI is InChI=1S/C9H15NO4/c1-6(11)4-10-5-7(3-8(10)12)9(13)14-2/h6-7,11H,3-5H2,1-2H3/t6-,7?/m0/s1. The number of β-amino-alcohol motifs (C(OH)–C–C–N with tert-alkyl or cyclic N) is 1. The second-order valence-corrected chi connectivity index (χ2v) is 3.57. The average molecular weight is 201 g/mol. The lowest BCUT2D eigenvalue weighted by Gasteiger charge is -2.17. The largest absolute Gasteiger partial charge is 0.469 e. The van der Waals surface area contributed by atoms with E-state index < -0.39 is 6.10 Å². The summed E-state index contributed by atoms with van der Waals surface area (Å²) in [6.07, 6.45) is -0.366.